The van der Waals surface area contributed by atoms with Crippen molar-refractivity contribution in [3.05, 3.63) is 65.5 Å². The normalized spacial score (nSPS) is 10.8. The van der Waals surface area contributed by atoms with Gasteiger partial charge in [0.2, 0.25) is 5.91 Å². The van der Waals surface area contributed by atoms with Gasteiger partial charge in [0.1, 0.15) is 12.4 Å². The van der Waals surface area contributed by atoms with Crippen molar-refractivity contribution >= 4 is 16.9 Å². The van der Waals surface area contributed by atoms with Crippen molar-refractivity contribution in [1.29, 1.82) is 0 Å². The highest BCUT2D eigenvalue weighted by molar-refractivity contribution is 5.81. The zero-order chi connectivity index (χ0) is 15.5. The third-order valence-corrected chi connectivity index (χ3v) is 3.88. The number of amides is 1. The van der Waals surface area contributed by atoms with Crippen molar-refractivity contribution in [1.82, 2.24) is 14.9 Å². The Morgan fingerprint density at radius 3 is 2.64 bits per heavy atom. The number of rotatable bonds is 4. The molecule has 3 aromatic rings. The van der Waals surface area contributed by atoms with Crippen LogP contribution in [0.25, 0.3) is 11.0 Å². The second-order valence-electron chi connectivity index (χ2n) is 5.44. The van der Waals surface area contributed by atoms with Crippen molar-refractivity contribution in [2.45, 2.75) is 26.9 Å². The third-order valence-electron chi connectivity index (χ3n) is 3.88. The molecule has 4 nitrogen and oxygen atoms in total. The van der Waals surface area contributed by atoms with Crippen LogP contribution in [0.5, 0.6) is 0 Å². The van der Waals surface area contributed by atoms with Crippen molar-refractivity contribution in [3.63, 3.8) is 0 Å². The predicted molar refractivity (Wildman–Crippen MR) is 87.5 cm³/mol. The molecular weight excluding hydrogens is 274 g/mol. The Labute approximate surface area is 129 Å². The molecule has 0 saturated carbocycles. The number of carbonyl (C=O) groups excluding carboxylic acids is 1. The average Bonchev–Trinajstić information content (AvgIpc) is 2.83. The number of imidazole rings is 1. The maximum atomic E-state index is 12.2. The van der Waals surface area contributed by atoms with Gasteiger partial charge in [-0.25, -0.2) is 4.98 Å². The van der Waals surface area contributed by atoms with Gasteiger partial charge >= 0.3 is 0 Å². The van der Waals surface area contributed by atoms with Crippen LogP contribution in [0.3, 0.4) is 0 Å². The van der Waals surface area contributed by atoms with Gasteiger partial charge in [0, 0.05) is 6.54 Å². The van der Waals surface area contributed by atoms with Crippen LogP contribution in [0.1, 0.15) is 17.0 Å². The van der Waals surface area contributed by atoms with Crippen LogP contribution >= 0.6 is 0 Å². The number of nitrogens with zero attached hydrogens (tertiary/aromatic N) is 2. The first-order chi connectivity index (χ1) is 10.6. The lowest BCUT2D eigenvalue weighted by atomic mass is 10.1. The van der Waals surface area contributed by atoms with Crippen molar-refractivity contribution in [3.8, 4) is 0 Å². The minimum absolute atomic E-state index is 0.00509. The number of hydrogen-bond acceptors (Lipinski definition) is 2. The van der Waals surface area contributed by atoms with Gasteiger partial charge in [0.25, 0.3) is 0 Å². The highest BCUT2D eigenvalue weighted by Gasteiger charge is 2.10. The molecule has 4 heteroatoms. The molecule has 1 amide bonds. The maximum absolute atomic E-state index is 12.2. The summed E-state index contributed by atoms with van der Waals surface area (Å²) in [6.45, 7) is 4.82. The molecular formula is C18H19N3O. The van der Waals surface area contributed by atoms with Crippen LogP contribution in [-0.4, -0.2) is 15.5 Å². The monoisotopic (exact) mass is 293 g/mol. The van der Waals surface area contributed by atoms with Gasteiger partial charge in [0.15, 0.2) is 0 Å². The average molecular weight is 293 g/mol. The van der Waals surface area contributed by atoms with E-state index in [-0.39, 0.29) is 12.5 Å². The number of benzene rings is 2. The molecule has 112 valence electrons. The molecule has 0 aliphatic rings. The van der Waals surface area contributed by atoms with E-state index in [2.05, 4.69) is 23.3 Å². The molecule has 0 aliphatic heterocycles. The number of hydrogen-bond donors (Lipinski definition) is 1. The van der Waals surface area contributed by atoms with Gasteiger partial charge < -0.3 is 9.88 Å². The van der Waals surface area contributed by atoms with Crippen molar-refractivity contribution in [2.75, 3.05) is 0 Å². The van der Waals surface area contributed by atoms with E-state index in [0.717, 1.165) is 22.4 Å². The summed E-state index contributed by atoms with van der Waals surface area (Å²) in [6, 6.07) is 15.9. The zero-order valence-electron chi connectivity index (χ0n) is 12.8. The number of para-hydroxylation sites is 2. The van der Waals surface area contributed by atoms with Gasteiger partial charge in [-0.05, 0) is 37.1 Å². The zero-order valence-corrected chi connectivity index (χ0v) is 12.8. The molecule has 1 N–H and O–H groups in total. The topological polar surface area (TPSA) is 46.9 Å². The van der Waals surface area contributed by atoms with E-state index in [4.69, 9.17) is 0 Å². The molecule has 1 heterocycles. The molecule has 0 radical (unpaired) electrons. The molecule has 0 saturated heterocycles. The standard InChI is InChI=1S/C18H19N3O/c1-13-7-3-4-8-15(13)11-19-18(22)12-21-14(2)20-16-9-5-6-10-17(16)21/h3-10H,11-12H2,1-2H3,(H,19,22). The van der Waals surface area contributed by atoms with Gasteiger partial charge in [-0.15, -0.1) is 0 Å². The van der Waals surface area contributed by atoms with Crippen LogP contribution in [0, 0.1) is 13.8 Å². The van der Waals surface area contributed by atoms with Crippen LogP contribution < -0.4 is 5.32 Å². The van der Waals surface area contributed by atoms with Gasteiger partial charge in [-0.1, -0.05) is 36.4 Å². The summed E-state index contributed by atoms with van der Waals surface area (Å²) in [7, 11) is 0. The largest absolute Gasteiger partial charge is 0.350 e. The van der Waals surface area contributed by atoms with Crippen molar-refractivity contribution in [2.24, 2.45) is 0 Å². The summed E-state index contributed by atoms with van der Waals surface area (Å²) in [5.41, 5.74) is 4.24. The minimum Gasteiger partial charge on any atom is -0.350 e. The lowest BCUT2D eigenvalue weighted by molar-refractivity contribution is -0.121. The molecule has 2 aromatic carbocycles. The predicted octanol–water partition coefficient (Wildman–Crippen LogP) is 2.97. The molecule has 0 bridgehead atoms. The molecule has 0 spiro atoms. The summed E-state index contributed by atoms with van der Waals surface area (Å²) in [5.74, 6) is 0.849. The summed E-state index contributed by atoms with van der Waals surface area (Å²) >= 11 is 0. The molecule has 1 aromatic heterocycles. The Balaban J connectivity index is 1.71. The summed E-state index contributed by atoms with van der Waals surface area (Å²) in [4.78, 5) is 16.7. The second-order valence-corrected chi connectivity index (χ2v) is 5.44. The quantitative estimate of drug-likeness (QED) is 0.804. The van der Waals surface area contributed by atoms with Crippen LogP contribution in [-0.2, 0) is 17.9 Å². The Morgan fingerprint density at radius 2 is 1.82 bits per heavy atom. The minimum atomic E-state index is -0.00509. The molecule has 0 aliphatic carbocycles. The van der Waals surface area contributed by atoms with E-state index in [9.17, 15) is 4.79 Å². The van der Waals surface area contributed by atoms with Crippen molar-refractivity contribution < 1.29 is 4.79 Å². The summed E-state index contributed by atoms with van der Waals surface area (Å²) < 4.78 is 1.95. The lowest BCUT2D eigenvalue weighted by Crippen LogP contribution is -2.27. The van der Waals surface area contributed by atoms with E-state index < -0.39 is 0 Å². The van der Waals surface area contributed by atoms with E-state index in [1.54, 1.807) is 0 Å². The van der Waals surface area contributed by atoms with E-state index >= 15 is 0 Å². The smallest absolute Gasteiger partial charge is 0.240 e. The van der Waals surface area contributed by atoms with E-state index in [1.807, 2.05) is 54.0 Å². The van der Waals surface area contributed by atoms with Gasteiger partial charge in [0.05, 0.1) is 11.0 Å². The fourth-order valence-corrected chi connectivity index (χ4v) is 2.60. The molecule has 22 heavy (non-hydrogen) atoms. The number of fused-ring (bicyclic) bond motifs is 1. The lowest BCUT2D eigenvalue weighted by Gasteiger charge is -2.10. The SMILES string of the molecule is Cc1ccccc1CNC(=O)Cn1c(C)nc2ccccc21. The third kappa shape index (κ3) is 2.86. The Morgan fingerprint density at radius 1 is 1.09 bits per heavy atom. The molecule has 0 fully saturated rings. The summed E-state index contributed by atoms with van der Waals surface area (Å²) in [6.07, 6.45) is 0. The highest BCUT2D eigenvalue weighted by Crippen LogP contribution is 2.15. The highest BCUT2D eigenvalue weighted by atomic mass is 16.1. The van der Waals surface area contributed by atoms with Gasteiger partial charge in [-0.2, -0.15) is 0 Å². The van der Waals surface area contributed by atoms with Crippen LogP contribution in [0.15, 0.2) is 48.5 Å². The summed E-state index contributed by atoms with van der Waals surface area (Å²) in [5, 5.41) is 2.98. The Hall–Kier alpha value is -2.62. The van der Waals surface area contributed by atoms with Crippen LogP contribution in [0.2, 0.25) is 0 Å². The first-order valence-electron chi connectivity index (χ1n) is 7.38. The van der Waals surface area contributed by atoms with E-state index in [1.165, 1.54) is 5.56 Å². The number of aryl methyl sites for hydroxylation is 2. The number of aromatic nitrogens is 2. The fourth-order valence-electron chi connectivity index (χ4n) is 2.60. The maximum Gasteiger partial charge on any atom is 0.240 e. The Kier molecular flexibility index (Phi) is 3.92. The molecule has 0 unspecified atom stereocenters. The van der Waals surface area contributed by atoms with E-state index in [0.29, 0.717) is 6.54 Å². The number of carbonyl (C=O) groups is 1. The van der Waals surface area contributed by atoms with Crippen LogP contribution in [0.4, 0.5) is 0 Å². The first-order valence-corrected chi connectivity index (χ1v) is 7.38. The second kappa shape index (κ2) is 6.02. The molecule has 3 rings (SSSR count). The van der Waals surface area contributed by atoms with Gasteiger partial charge in [-0.3, -0.25) is 4.79 Å². The molecule has 0 atom stereocenters. The first kappa shape index (κ1) is 14.3. The fraction of sp³-hybridized carbons (Fsp3) is 0.222. The Bertz CT molecular complexity index is 820. The number of nitrogens with one attached hydrogen (secondary N) is 1.